The molecule has 0 bridgehead atoms. The lowest BCUT2D eigenvalue weighted by Gasteiger charge is -2.40. The van der Waals surface area contributed by atoms with Crippen LogP contribution < -0.4 is 0 Å². The molecule has 0 radical (unpaired) electrons. The van der Waals surface area contributed by atoms with Crippen LogP contribution in [0.3, 0.4) is 0 Å². The Balaban J connectivity index is 1.85. The van der Waals surface area contributed by atoms with Gasteiger partial charge in [0.25, 0.3) is 0 Å². The van der Waals surface area contributed by atoms with Gasteiger partial charge in [-0.15, -0.1) is 0 Å². The monoisotopic (exact) mass is 322 g/mol. The summed E-state index contributed by atoms with van der Waals surface area (Å²) in [5, 5.41) is 9.12. The summed E-state index contributed by atoms with van der Waals surface area (Å²) in [5.74, 6) is -0.883. The van der Waals surface area contributed by atoms with Crippen LogP contribution in [0, 0.1) is 5.92 Å². The van der Waals surface area contributed by atoms with Crippen LogP contribution in [0.4, 0.5) is 0 Å². The van der Waals surface area contributed by atoms with Crippen LogP contribution in [0.5, 0.6) is 0 Å². The van der Waals surface area contributed by atoms with Gasteiger partial charge < -0.3 is 19.3 Å². The van der Waals surface area contributed by atoms with E-state index in [0.29, 0.717) is 13.0 Å². The maximum atomic E-state index is 11.1. The van der Waals surface area contributed by atoms with E-state index in [2.05, 4.69) is 26.8 Å². The van der Waals surface area contributed by atoms with Gasteiger partial charge in [0.1, 0.15) is 11.2 Å². The lowest BCUT2D eigenvalue weighted by molar-refractivity contribution is -0.131. The van der Waals surface area contributed by atoms with Crippen molar-refractivity contribution in [1.82, 2.24) is 0 Å². The molecule has 1 saturated carbocycles. The van der Waals surface area contributed by atoms with Gasteiger partial charge >= 0.3 is 5.97 Å². The number of hydrogen-bond donors (Lipinski definition) is 1. The molecular formula is C18H26O5. The molecule has 0 unspecified atom stereocenters. The number of rotatable bonds is 5. The summed E-state index contributed by atoms with van der Waals surface area (Å²) in [5.41, 5.74) is 1.59. The maximum absolute atomic E-state index is 11.1. The fourth-order valence-electron chi connectivity index (χ4n) is 4.15. The number of epoxide rings is 2. The molecule has 3 fully saturated rings. The van der Waals surface area contributed by atoms with Gasteiger partial charge in [-0.25, -0.2) is 4.79 Å². The molecule has 5 nitrogen and oxygen atoms in total. The van der Waals surface area contributed by atoms with E-state index in [-0.39, 0.29) is 29.3 Å². The number of aliphatic carboxylic acids is 1. The largest absolute Gasteiger partial charge is 0.478 e. The summed E-state index contributed by atoms with van der Waals surface area (Å²) in [6.07, 6.45) is 5.79. The number of carbonyl (C=O) groups is 1. The fourth-order valence-corrected chi connectivity index (χ4v) is 4.15. The average molecular weight is 322 g/mol. The number of carboxylic acids is 1. The minimum atomic E-state index is -0.920. The first-order chi connectivity index (χ1) is 10.8. The Labute approximate surface area is 137 Å². The SMILES string of the molecule is CO[C@@H]1/C(=C\C(=O)O)CC[C@]2(CO2)[C@H]1[C@@]1(C)O[C@@H]1CC=C(C)C. The van der Waals surface area contributed by atoms with E-state index >= 15 is 0 Å². The van der Waals surface area contributed by atoms with E-state index in [1.807, 2.05) is 0 Å². The van der Waals surface area contributed by atoms with Crippen molar-refractivity contribution in [2.75, 3.05) is 13.7 Å². The van der Waals surface area contributed by atoms with E-state index < -0.39 is 5.97 Å². The standard InChI is InChI=1S/C18H26O5/c1-11(2)5-6-13-17(3,23-13)16-15(21-4)12(9-14(19)20)7-8-18(16)10-22-18/h5,9,13,15-16H,6-8,10H2,1-4H3,(H,19,20)/b12-9-/t13-,15-,16-,17+,18+/m1/s1. The first-order valence-electron chi connectivity index (χ1n) is 8.24. The maximum Gasteiger partial charge on any atom is 0.328 e. The molecule has 1 N–H and O–H groups in total. The van der Waals surface area contributed by atoms with Crippen molar-refractivity contribution in [3.8, 4) is 0 Å². The van der Waals surface area contributed by atoms with E-state index in [1.54, 1.807) is 7.11 Å². The van der Waals surface area contributed by atoms with Crippen LogP contribution in [-0.4, -0.2) is 48.2 Å². The topological polar surface area (TPSA) is 71.6 Å². The number of carboxylic acid groups (broad SMARTS) is 1. The van der Waals surface area contributed by atoms with E-state index in [1.165, 1.54) is 11.6 Å². The third kappa shape index (κ3) is 2.97. The minimum Gasteiger partial charge on any atom is -0.478 e. The van der Waals surface area contributed by atoms with Crippen LogP contribution >= 0.6 is 0 Å². The lowest BCUT2D eigenvalue weighted by atomic mass is 9.67. The van der Waals surface area contributed by atoms with Gasteiger partial charge in [0.15, 0.2) is 0 Å². The van der Waals surface area contributed by atoms with Crippen molar-refractivity contribution in [3.05, 3.63) is 23.3 Å². The molecule has 1 spiro atoms. The van der Waals surface area contributed by atoms with Crippen LogP contribution in [0.1, 0.15) is 40.0 Å². The third-order valence-corrected chi connectivity index (χ3v) is 5.49. The smallest absolute Gasteiger partial charge is 0.328 e. The second-order valence-electron chi connectivity index (χ2n) is 7.35. The first-order valence-corrected chi connectivity index (χ1v) is 8.24. The predicted octanol–water partition coefficient (Wildman–Crippen LogP) is 2.71. The molecule has 23 heavy (non-hydrogen) atoms. The third-order valence-electron chi connectivity index (χ3n) is 5.49. The van der Waals surface area contributed by atoms with Gasteiger partial charge in [-0.3, -0.25) is 0 Å². The minimum absolute atomic E-state index is 0.0370. The Morgan fingerprint density at radius 3 is 2.70 bits per heavy atom. The Morgan fingerprint density at radius 1 is 1.48 bits per heavy atom. The first kappa shape index (κ1) is 16.7. The number of ether oxygens (including phenoxy) is 3. The molecule has 0 aromatic rings. The molecular weight excluding hydrogens is 296 g/mol. The Morgan fingerprint density at radius 2 is 2.17 bits per heavy atom. The summed E-state index contributed by atoms with van der Waals surface area (Å²) in [6, 6.07) is 0. The molecule has 2 heterocycles. The molecule has 2 saturated heterocycles. The molecule has 3 aliphatic rings. The van der Waals surface area contributed by atoms with Crippen LogP contribution in [-0.2, 0) is 19.0 Å². The Hall–Kier alpha value is -1.17. The summed E-state index contributed by atoms with van der Waals surface area (Å²) < 4.78 is 17.6. The highest BCUT2D eigenvalue weighted by atomic mass is 16.6. The van der Waals surface area contributed by atoms with Crippen molar-refractivity contribution in [1.29, 1.82) is 0 Å². The molecule has 5 atom stereocenters. The normalized spacial score (nSPS) is 43.5. The number of hydrogen-bond acceptors (Lipinski definition) is 4. The van der Waals surface area contributed by atoms with Crippen LogP contribution in [0.15, 0.2) is 23.3 Å². The van der Waals surface area contributed by atoms with E-state index in [0.717, 1.165) is 18.4 Å². The quantitative estimate of drug-likeness (QED) is 0.479. The zero-order valence-electron chi connectivity index (χ0n) is 14.3. The van der Waals surface area contributed by atoms with Crippen molar-refractivity contribution in [2.24, 2.45) is 5.92 Å². The lowest BCUT2D eigenvalue weighted by Crippen LogP contribution is -2.50. The number of methoxy groups -OCH3 is 1. The highest BCUT2D eigenvalue weighted by Crippen LogP contribution is 2.60. The van der Waals surface area contributed by atoms with E-state index in [9.17, 15) is 4.79 Å². The second kappa shape index (κ2) is 5.72. The van der Waals surface area contributed by atoms with Gasteiger partial charge in [-0.1, -0.05) is 11.6 Å². The zero-order valence-corrected chi connectivity index (χ0v) is 14.3. The van der Waals surface area contributed by atoms with Gasteiger partial charge in [0, 0.05) is 13.2 Å². The van der Waals surface area contributed by atoms with E-state index in [4.69, 9.17) is 19.3 Å². The summed E-state index contributed by atoms with van der Waals surface area (Å²) in [4.78, 5) is 11.1. The summed E-state index contributed by atoms with van der Waals surface area (Å²) in [6.45, 7) is 6.99. The molecule has 5 heteroatoms. The molecule has 0 aromatic heterocycles. The van der Waals surface area contributed by atoms with Crippen molar-refractivity contribution in [2.45, 2.75) is 63.4 Å². The Kier molecular flexibility index (Phi) is 4.15. The molecule has 2 aliphatic heterocycles. The average Bonchev–Trinajstić information content (AvgIpc) is 3.37. The second-order valence-corrected chi connectivity index (χ2v) is 7.35. The molecule has 0 aromatic carbocycles. The highest BCUT2D eigenvalue weighted by molar-refractivity contribution is 5.81. The highest BCUT2D eigenvalue weighted by Gasteiger charge is 2.71. The van der Waals surface area contributed by atoms with Gasteiger partial charge in [-0.05, 0) is 45.6 Å². The van der Waals surface area contributed by atoms with Crippen LogP contribution in [0.25, 0.3) is 0 Å². The molecule has 0 amide bonds. The van der Waals surface area contributed by atoms with Crippen molar-refractivity contribution < 1.29 is 24.1 Å². The molecule has 1 aliphatic carbocycles. The fraction of sp³-hybridized carbons (Fsp3) is 0.722. The van der Waals surface area contributed by atoms with Gasteiger partial charge in [-0.2, -0.15) is 0 Å². The van der Waals surface area contributed by atoms with Crippen molar-refractivity contribution in [3.63, 3.8) is 0 Å². The van der Waals surface area contributed by atoms with Gasteiger partial charge in [0.2, 0.25) is 0 Å². The number of allylic oxidation sites excluding steroid dienone is 1. The predicted molar refractivity (Wildman–Crippen MR) is 85.2 cm³/mol. The summed E-state index contributed by atoms with van der Waals surface area (Å²) in [7, 11) is 1.64. The van der Waals surface area contributed by atoms with Gasteiger partial charge in [0.05, 0.1) is 24.7 Å². The van der Waals surface area contributed by atoms with Crippen molar-refractivity contribution >= 4 is 5.97 Å². The zero-order chi connectivity index (χ0) is 16.8. The summed E-state index contributed by atoms with van der Waals surface area (Å²) >= 11 is 0. The molecule has 128 valence electrons. The Bertz CT molecular complexity index is 556. The van der Waals surface area contributed by atoms with Crippen LogP contribution in [0.2, 0.25) is 0 Å². The molecule has 3 rings (SSSR count).